The van der Waals surface area contributed by atoms with E-state index < -0.39 is 43.4 Å². The molecule has 3 aromatic carbocycles. The number of nitrogens with zero attached hydrogens (tertiary/aromatic N) is 3. The zero-order chi connectivity index (χ0) is 48.5. The molecule has 0 saturated heterocycles. The molecule has 4 aliphatic rings. The summed E-state index contributed by atoms with van der Waals surface area (Å²) >= 11 is 0. The fraction of sp³-hybridized carbons (Fsp3) is 0.373. The van der Waals surface area contributed by atoms with Gasteiger partial charge in [0, 0.05) is 66.0 Å². The van der Waals surface area contributed by atoms with Crippen molar-refractivity contribution in [3.8, 4) is 5.75 Å². The van der Waals surface area contributed by atoms with Crippen molar-refractivity contribution in [1.82, 2.24) is 5.06 Å². The minimum atomic E-state index is -4.51. The summed E-state index contributed by atoms with van der Waals surface area (Å²) in [6.45, 7) is 14.1. The standard InChI is InChI=1S/C51H57N3O11S2/c1-7-8-30-52-42-24-16-34(2)32-40(42)50(3,4)44(52)26-17-35-13-12-14-36(49(35)64-37-19-21-38(22-20-37)66(58,59)60)18-27-45-51(5,6)41-33-39(67(61,62)63)23-25-43(41)53(45)31-11-9-10-15-48(57)65-54-46(55)28-29-47(54)56/h16-29,32-33H,7-15,30-31H2,1-6H3,(H-,58,59,60,61,62,63)/p+1. The van der Waals surface area contributed by atoms with Gasteiger partial charge < -0.3 is 14.5 Å². The van der Waals surface area contributed by atoms with Crippen molar-refractivity contribution in [2.45, 2.75) is 120 Å². The Morgan fingerprint density at radius 1 is 0.791 bits per heavy atom. The fourth-order valence-electron chi connectivity index (χ4n) is 9.25. The first kappa shape index (κ1) is 49.0. The maximum absolute atomic E-state index is 12.5. The monoisotopic (exact) mass is 952 g/mol. The summed E-state index contributed by atoms with van der Waals surface area (Å²) in [6.07, 6.45) is 16.2. The number of unbranched alkanes of at least 4 members (excludes halogenated alkanes) is 3. The van der Waals surface area contributed by atoms with Crippen molar-refractivity contribution in [2.75, 3.05) is 18.0 Å². The van der Waals surface area contributed by atoms with Gasteiger partial charge in [-0.3, -0.25) is 18.7 Å². The molecule has 67 heavy (non-hydrogen) atoms. The van der Waals surface area contributed by atoms with Gasteiger partial charge in [0.25, 0.3) is 32.1 Å². The molecule has 0 bridgehead atoms. The Morgan fingerprint density at radius 3 is 2.15 bits per heavy atom. The third-order valence-corrected chi connectivity index (χ3v) is 14.6. The summed E-state index contributed by atoms with van der Waals surface area (Å²) in [6, 6.07) is 16.8. The Hall–Kier alpha value is -5.94. The van der Waals surface area contributed by atoms with E-state index in [1.807, 2.05) is 26.0 Å². The fourth-order valence-corrected chi connectivity index (χ4v) is 10.2. The first-order valence-corrected chi connectivity index (χ1v) is 25.5. The normalized spacial score (nSPS) is 19.1. The number of rotatable bonds is 17. The van der Waals surface area contributed by atoms with Gasteiger partial charge in [-0.05, 0) is 131 Å². The quantitative estimate of drug-likeness (QED) is 0.0566. The van der Waals surface area contributed by atoms with Gasteiger partial charge in [0.15, 0.2) is 5.71 Å². The molecule has 3 heterocycles. The first-order valence-electron chi connectivity index (χ1n) is 22.6. The number of anilines is 1. The van der Waals surface area contributed by atoms with E-state index in [4.69, 9.17) is 9.57 Å². The number of hydrogen-bond donors (Lipinski definition) is 2. The van der Waals surface area contributed by atoms with Gasteiger partial charge in [-0.25, -0.2) is 4.79 Å². The number of amides is 2. The average Bonchev–Trinajstić information content (AvgIpc) is 3.78. The Balaban J connectivity index is 1.25. The smallest absolute Gasteiger partial charge is 0.333 e. The number of imide groups is 1. The summed E-state index contributed by atoms with van der Waals surface area (Å²) in [5.41, 5.74) is 7.93. The molecule has 2 amide bonds. The van der Waals surface area contributed by atoms with E-state index in [1.54, 1.807) is 6.07 Å². The third-order valence-electron chi connectivity index (χ3n) is 12.9. The molecule has 0 unspecified atom stereocenters. The third kappa shape index (κ3) is 10.5. The molecule has 0 fully saturated rings. The Kier molecular flexibility index (Phi) is 14.1. The lowest BCUT2D eigenvalue weighted by Gasteiger charge is -2.27. The van der Waals surface area contributed by atoms with E-state index in [2.05, 4.69) is 67.5 Å². The highest BCUT2D eigenvalue weighted by Crippen LogP contribution is 2.49. The Labute approximate surface area is 393 Å². The van der Waals surface area contributed by atoms with Crippen LogP contribution in [-0.2, 0) is 50.3 Å². The number of fused-ring (bicyclic) bond motifs is 2. The molecule has 7 rings (SSSR count). The van der Waals surface area contributed by atoms with E-state index in [0.717, 1.165) is 60.5 Å². The van der Waals surface area contributed by atoms with Crippen LogP contribution in [0.15, 0.2) is 130 Å². The zero-order valence-corrected chi connectivity index (χ0v) is 40.4. The lowest BCUT2D eigenvalue weighted by atomic mass is 9.81. The summed E-state index contributed by atoms with van der Waals surface area (Å²) in [7, 11) is -8.95. The molecule has 0 atom stereocenters. The largest absolute Gasteiger partial charge is 0.457 e. The molecule has 3 aliphatic heterocycles. The molecular weight excluding hydrogens is 895 g/mol. The molecular formula is C51H58N3O11S2+. The molecule has 3 aromatic rings. The highest BCUT2D eigenvalue weighted by Gasteiger charge is 2.45. The number of ether oxygens (including phenoxy) is 1. The highest BCUT2D eigenvalue weighted by atomic mass is 32.2. The molecule has 354 valence electrons. The van der Waals surface area contributed by atoms with E-state index in [1.165, 1.54) is 58.9 Å². The lowest BCUT2D eigenvalue weighted by Crippen LogP contribution is -2.32. The maximum Gasteiger partial charge on any atom is 0.333 e. The maximum atomic E-state index is 12.5. The van der Waals surface area contributed by atoms with Crippen LogP contribution in [0.1, 0.15) is 109 Å². The number of hydrogen-bond acceptors (Lipinski definition) is 10. The van der Waals surface area contributed by atoms with Gasteiger partial charge >= 0.3 is 5.97 Å². The average molecular weight is 953 g/mol. The van der Waals surface area contributed by atoms with Crippen molar-refractivity contribution < 1.29 is 54.5 Å². The Morgan fingerprint density at radius 2 is 1.48 bits per heavy atom. The molecule has 2 N–H and O–H groups in total. The van der Waals surface area contributed by atoms with Gasteiger partial charge in [0.05, 0.1) is 15.2 Å². The van der Waals surface area contributed by atoms with Crippen LogP contribution in [-0.4, -0.2) is 72.2 Å². The van der Waals surface area contributed by atoms with Gasteiger partial charge in [0.2, 0.25) is 5.69 Å². The second kappa shape index (κ2) is 19.3. The molecule has 0 saturated carbocycles. The number of aryl methyl sites for hydroxylation is 1. The van der Waals surface area contributed by atoms with Gasteiger partial charge in [-0.2, -0.15) is 21.4 Å². The molecule has 16 heteroatoms. The van der Waals surface area contributed by atoms with Crippen molar-refractivity contribution in [3.05, 3.63) is 136 Å². The van der Waals surface area contributed by atoms with Crippen molar-refractivity contribution >= 4 is 55.1 Å². The molecule has 1 aliphatic carbocycles. The zero-order valence-electron chi connectivity index (χ0n) is 38.7. The molecule has 0 spiro atoms. The van der Waals surface area contributed by atoms with Crippen LogP contribution >= 0.6 is 0 Å². The summed E-state index contributed by atoms with van der Waals surface area (Å²) in [5, 5.41) is 0.436. The minimum Gasteiger partial charge on any atom is -0.457 e. The number of allylic oxidation sites excluding steroid dienone is 7. The van der Waals surface area contributed by atoms with E-state index >= 15 is 0 Å². The van der Waals surface area contributed by atoms with Crippen LogP contribution in [0.25, 0.3) is 0 Å². The van der Waals surface area contributed by atoms with E-state index in [-0.39, 0.29) is 21.6 Å². The second-order valence-corrected chi connectivity index (χ2v) is 21.2. The SMILES string of the molecule is CCCCN1/C(=C/C=C2\CCCC(/C=C/C3=[N+](CCCCCC(=O)ON4C(=O)C=CC4=O)c4ccc(S(=O)(=O)O)cc4C3(C)C)=C2Oc2ccc(S(=O)(=O)O)cc2)C(C)(C)c2cc(C)ccc21. The summed E-state index contributed by atoms with van der Waals surface area (Å²) in [5.74, 6) is -1.15. The first-order chi connectivity index (χ1) is 31.6. The van der Waals surface area contributed by atoms with Crippen LogP contribution < -0.4 is 9.64 Å². The van der Waals surface area contributed by atoms with E-state index in [9.17, 15) is 40.3 Å². The van der Waals surface area contributed by atoms with Crippen molar-refractivity contribution in [1.29, 1.82) is 0 Å². The van der Waals surface area contributed by atoms with E-state index in [0.29, 0.717) is 60.8 Å². The predicted octanol–water partition coefficient (Wildman–Crippen LogP) is 9.29. The van der Waals surface area contributed by atoms with Crippen LogP contribution in [0.2, 0.25) is 0 Å². The lowest BCUT2D eigenvalue weighted by molar-refractivity contribution is -0.438. The van der Waals surface area contributed by atoms with Crippen LogP contribution in [0.3, 0.4) is 0 Å². The van der Waals surface area contributed by atoms with Gasteiger partial charge in [0.1, 0.15) is 18.1 Å². The molecule has 0 radical (unpaired) electrons. The van der Waals surface area contributed by atoms with Crippen molar-refractivity contribution in [2.24, 2.45) is 0 Å². The molecule has 0 aromatic heterocycles. The second-order valence-electron chi connectivity index (χ2n) is 18.4. The Bertz CT molecular complexity index is 2900. The topological polar surface area (TPSA) is 188 Å². The summed E-state index contributed by atoms with van der Waals surface area (Å²) in [4.78, 5) is 43.1. The van der Waals surface area contributed by atoms with Crippen LogP contribution in [0.5, 0.6) is 5.75 Å². The van der Waals surface area contributed by atoms with Gasteiger partial charge in [-0.1, -0.05) is 56.0 Å². The van der Waals surface area contributed by atoms with Crippen LogP contribution in [0.4, 0.5) is 11.4 Å². The number of carbonyl (C=O) groups is 3. The number of benzene rings is 3. The number of hydroxylamine groups is 2. The number of carbonyl (C=O) groups excluding carboxylic acids is 3. The van der Waals surface area contributed by atoms with Crippen LogP contribution in [0, 0.1) is 6.92 Å². The molecule has 14 nitrogen and oxygen atoms in total. The van der Waals surface area contributed by atoms with Crippen molar-refractivity contribution in [3.63, 3.8) is 0 Å². The summed E-state index contributed by atoms with van der Waals surface area (Å²) < 4.78 is 77.0. The minimum absolute atomic E-state index is 0.0176. The van der Waals surface area contributed by atoms with Gasteiger partial charge in [-0.15, -0.1) is 0 Å². The highest BCUT2D eigenvalue weighted by molar-refractivity contribution is 7.86. The predicted molar refractivity (Wildman–Crippen MR) is 254 cm³/mol.